The molecule has 156 valence electrons. The van der Waals surface area contributed by atoms with Gasteiger partial charge in [-0.15, -0.1) is 0 Å². The number of benzene rings is 1. The predicted molar refractivity (Wildman–Crippen MR) is 98.6 cm³/mol. The maximum Gasteiger partial charge on any atom is 0.325 e. The largest absolute Gasteiger partial charge is 0.338 e. The Morgan fingerprint density at radius 1 is 1.14 bits per heavy atom. The minimum atomic E-state index is -3.86. The summed E-state index contributed by atoms with van der Waals surface area (Å²) in [5.74, 6) is -1.42. The lowest BCUT2D eigenvalue weighted by Gasteiger charge is -2.36. The summed E-state index contributed by atoms with van der Waals surface area (Å²) >= 11 is 0. The molecule has 11 heteroatoms. The van der Waals surface area contributed by atoms with Gasteiger partial charge in [-0.1, -0.05) is 6.07 Å². The Hall–Kier alpha value is -2.53. The minimum absolute atomic E-state index is 0.0503. The van der Waals surface area contributed by atoms with E-state index in [0.29, 0.717) is 12.8 Å². The molecular weight excluding hydrogens is 403 g/mol. The second-order valence-corrected chi connectivity index (χ2v) is 9.44. The number of nitrogens with one attached hydrogen (secondary N) is 1. The Labute approximate surface area is 167 Å². The molecular formula is C18H21FN4O5S. The highest BCUT2D eigenvalue weighted by atomic mass is 32.2. The van der Waals surface area contributed by atoms with E-state index in [2.05, 4.69) is 5.32 Å². The summed E-state index contributed by atoms with van der Waals surface area (Å²) in [6, 6.07) is 4.22. The van der Waals surface area contributed by atoms with E-state index in [1.165, 1.54) is 27.4 Å². The molecule has 4 rings (SSSR count). The van der Waals surface area contributed by atoms with E-state index in [1.54, 1.807) is 0 Å². The molecule has 1 aliphatic carbocycles. The number of carbonyl (C=O) groups is 3. The van der Waals surface area contributed by atoms with Gasteiger partial charge in [0, 0.05) is 26.2 Å². The van der Waals surface area contributed by atoms with Gasteiger partial charge in [0.1, 0.15) is 17.9 Å². The quantitative estimate of drug-likeness (QED) is 0.692. The fourth-order valence-corrected chi connectivity index (χ4v) is 5.33. The van der Waals surface area contributed by atoms with Gasteiger partial charge in [-0.3, -0.25) is 14.5 Å². The second-order valence-electron chi connectivity index (χ2n) is 7.50. The molecule has 0 radical (unpaired) electrons. The lowest BCUT2D eigenvalue weighted by Crippen LogP contribution is -2.54. The van der Waals surface area contributed by atoms with Crippen LogP contribution in [0.3, 0.4) is 0 Å². The molecule has 2 aliphatic heterocycles. The number of amides is 4. The van der Waals surface area contributed by atoms with Crippen molar-refractivity contribution in [1.82, 2.24) is 19.4 Å². The normalized spacial score (nSPS) is 22.0. The van der Waals surface area contributed by atoms with Crippen LogP contribution in [0.15, 0.2) is 29.2 Å². The van der Waals surface area contributed by atoms with E-state index in [1.807, 2.05) is 0 Å². The van der Waals surface area contributed by atoms with Crippen LogP contribution in [0.25, 0.3) is 0 Å². The first-order valence-corrected chi connectivity index (χ1v) is 10.8. The van der Waals surface area contributed by atoms with Gasteiger partial charge < -0.3 is 10.2 Å². The molecule has 0 unspecified atom stereocenters. The summed E-state index contributed by atoms with van der Waals surface area (Å²) in [5.41, 5.74) is -0.838. The highest BCUT2D eigenvalue weighted by Crippen LogP contribution is 2.37. The third kappa shape index (κ3) is 3.38. The van der Waals surface area contributed by atoms with Crippen LogP contribution in [0.2, 0.25) is 0 Å². The number of nitrogens with zero attached hydrogens (tertiary/aromatic N) is 3. The molecule has 1 N–H and O–H groups in total. The maximum absolute atomic E-state index is 13.4. The van der Waals surface area contributed by atoms with Gasteiger partial charge in [-0.05, 0) is 37.5 Å². The summed E-state index contributed by atoms with van der Waals surface area (Å²) < 4.78 is 39.9. The fourth-order valence-electron chi connectivity index (χ4n) is 3.88. The molecule has 0 bridgehead atoms. The Balaban J connectivity index is 1.36. The van der Waals surface area contributed by atoms with Crippen LogP contribution in [0, 0.1) is 5.82 Å². The Bertz CT molecular complexity index is 970. The Morgan fingerprint density at radius 3 is 2.38 bits per heavy atom. The van der Waals surface area contributed by atoms with E-state index in [4.69, 9.17) is 0 Å². The lowest BCUT2D eigenvalue weighted by molar-refractivity contribution is -0.141. The number of urea groups is 1. The molecule has 1 spiro atoms. The molecule has 0 aromatic heterocycles. The maximum atomic E-state index is 13.4. The van der Waals surface area contributed by atoms with Crippen LogP contribution in [-0.2, 0) is 19.6 Å². The molecule has 3 fully saturated rings. The average Bonchev–Trinajstić information content (AvgIpc) is 2.93. The van der Waals surface area contributed by atoms with Crippen molar-refractivity contribution in [3.05, 3.63) is 30.1 Å². The van der Waals surface area contributed by atoms with Crippen molar-refractivity contribution in [2.75, 3.05) is 32.7 Å². The number of sulfonamides is 1. The molecule has 2 heterocycles. The molecule has 2 saturated heterocycles. The highest BCUT2D eigenvalue weighted by Gasteiger charge is 2.55. The smallest absolute Gasteiger partial charge is 0.325 e. The summed E-state index contributed by atoms with van der Waals surface area (Å²) in [6.45, 7) is -0.00323. The first-order valence-electron chi connectivity index (χ1n) is 9.41. The standard InChI is InChI=1S/C18H21FN4O5S/c19-13-3-1-4-14(11-13)29(27,28)22-9-7-21(8-10-22)15(24)12-23-16(25)18(5-2-6-18)20-17(23)26/h1,3-4,11H,2,5-10,12H2,(H,20,26). The third-order valence-electron chi connectivity index (χ3n) is 5.77. The van der Waals surface area contributed by atoms with Crippen molar-refractivity contribution in [2.24, 2.45) is 0 Å². The monoisotopic (exact) mass is 424 g/mol. The van der Waals surface area contributed by atoms with Crippen molar-refractivity contribution < 1.29 is 27.2 Å². The van der Waals surface area contributed by atoms with Gasteiger partial charge in [-0.25, -0.2) is 17.6 Å². The number of hydrogen-bond donors (Lipinski definition) is 1. The number of carbonyl (C=O) groups excluding carboxylic acids is 3. The van der Waals surface area contributed by atoms with Crippen molar-refractivity contribution in [3.63, 3.8) is 0 Å². The number of halogens is 1. The van der Waals surface area contributed by atoms with Crippen LogP contribution in [-0.4, -0.2) is 78.6 Å². The summed E-state index contributed by atoms with van der Waals surface area (Å²) in [6.07, 6.45) is 2.02. The van der Waals surface area contributed by atoms with Crippen molar-refractivity contribution in [1.29, 1.82) is 0 Å². The molecule has 4 amide bonds. The van der Waals surface area contributed by atoms with Gasteiger partial charge in [-0.2, -0.15) is 4.31 Å². The highest BCUT2D eigenvalue weighted by molar-refractivity contribution is 7.89. The molecule has 1 saturated carbocycles. The summed E-state index contributed by atoms with van der Waals surface area (Å²) in [7, 11) is -3.86. The molecule has 3 aliphatic rings. The van der Waals surface area contributed by atoms with E-state index in [-0.39, 0.29) is 43.5 Å². The average molecular weight is 424 g/mol. The van der Waals surface area contributed by atoms with Gasteiger partial charge in [0.05, 0.1) is 4.90 Å². The first kappa shape index (κ1) is 19.8. The van der Waals surface area contributed by atoms with Crippen LogP contribution in [0.5, 0.6) is 0 Å². The Morgan fingerprint density at radius 2 is 1.83 bits per heavy atom. The zero-order valence-electron chi connectivity index (χ0n) is 15.6. The van der Waals surface area contributed by atoms with Crippen molar-refractivity contribution in [2.45, 2.75) is 29.7 Å². The zero-order chi connectivity index (χ0) is 20.8. The molecule has 29 heavy (non-hydrogen) atoms. The van der Waals surface area contributed by atoms with E-state index in [9.17, 15) is 27.2 Å². The van der Waals surface area contributed by atoms with Gasteiger partial charge >= 0.3 is 6.03 Å². The van der Waals surface area contributed by atoms with Crippen molar-refractivity contribution in [3.8, 4) is 0 Å². The SMILES string of the molecule is O=C(CN1C(=O)NC2(CCC2)C1=O)N1CCN(S(=O)(=O)c2cccc(F)c2)CC1. The number of hydrogen-bond acceptors (Lipinski definition) is 5. The molecule has 1 aromatic rings. The Kier molecular flexibility index (Phi) is 4.82. The summed E-state index contributed by atoms with van der Waals surface area (Å²) in [4.78, 5) is 39.4. The van der Waals surface area contributed by atoms with Gasteiger partial charge in [0.2, 0.25) is 15.9 Å². The molecule has 9 nitrogen and oxygen atoms in total. The predicted octanol–water partition coefficient (Wildman–Crippen LogP) is 0.133. The minimum Gasteiger partial charge on any atom is -0.338 e. The van der Waals surface area contributed by atoms with Crippen LogP contribution in [0.4, 0.5) is 9.18 Å². The van der Waals surface area contributed by atoms with Gasteiger partial charge in [0.25, 0.3) is 5.91 Å². The third-order valence-corrected chi connectivity index (χ3v) is 7.67. The topological polar surface area (TPSA) is 107 Å². The summed E-state index contributed by atoms with van der Waals surface area (Å²) in [5, 5.41) is 2.67. The number of piperazine rings is 1. The van der Waals surface area contributed by atoms with E-state index in [0.717, 1.165) is 17.4 Å². The fraction of sp³-hybridized carbons (Fsp3) is 0.500. The van der Waals surface area contributed by atoms with Crippen LogP contribution in [0.1, 0.15) is 19.3 Å². The number of imide groups is 1. The number of rotatable bonds is 4. The first-order chi connectivity index (χ1) is 13.7. The lowest BCUT2D eigenvalue weighted by atomic mass is 9.77. The van der Waals surface area contributed by atoms with Crippen LogP contribution >= 0.6 is 0 Å². The molecule has 0 atom stereocenters. The molecule has 1 aromatic carbocycles. The van der Waals surface area contributed by atoms with E-state index < -0.39 is 33.3 Å². The zero-order valence-corrected chi connectivity index (χ0v) is 16.5. The van der Waals surface area contributed by atoms with Crippen LogP contribution < -0.4 is 5.32 Å². The van der Waals surface area contributed by atoms with Crippen molar-refractivity contribution >= 4 is 27.9 Å². The van der Waals surface area contributed by atoms with Gasteiger partial charge in [0.15, 0.2) is 0 Å². The van der Waals surface area contributed by atoms with E-state index >= 15 is 0 Å². The second kappa shape index (κ2) is 7.06.